The molecule has 1 aromatic rings. The number of ether oxygens (including phenoxy) is 1. The first-order valence-corrected chi connectivity index (χ1v) is 6.79. The lowest BCUT2D eigenvalue weighted by molar-refractivity contribution is 0.183. The van der Waals surface area contributed by atoms with Crippen LogP contribution in [0.4, 0.5) is 4.39 Å². The van der Waals surface area contributed by atoms with Gasteiger partial charge in [0.2, 0.25) is 0 Å². The maximum Gasteiger partial charge on any atom is 0.165 e. The Hall–Kier alpha value is -1.09. The summed E-state index contributed by atoms with van der Waals surface area (Å²) in [5.41, 5.74) is 0.540. The van der Waals surface area contributed by atoms with Gasteiger partial charge in [-0.25, -0.2) is 4.39 Å². The molecule has 18 heavy (non-hydrogen) atoms. The van der Waals surface area contributed by atoms with Gasteiger partial charge in [-0.05, 0) is 43.1 Å². The van der Waals surface area contributed by atoms with E-state index < -0.39 is 0 Å². The van der Waals surface area contributed by atoms with Crippen LogP contribution in [0.25, 0.3) is 0 Å². The zero-order chi connectivity index (χ0) is 12.5. The standard InChI is InChI=1S/C15H19FO2/c16-14-3-1-2-12(8-17)15(14)18-9-13-7-10-4-5-11(13)6-10/h1-3,10-11,13,17H,4-9H2. The van der Waals surface area contributed by atoms with Crippen molar-refractivity contribution in [1.29, 1.82) is 0 Å². The van der Waals surface area contributed by atoms with Crippen LogP contribution in [-0.2, 0) is 6.61 Å². The SMILES string of the molecule is OCc1cccc(F)c1OCC1CC2CCC1C2. The van der Waals surface area contributed by atoms with E-state index in [1.54, 1.807) is 12.1 Å². The summed E-state index contributed by atoms with van der Waals surface area (Å²) < 4.78 is 19.3. The predicted molar refractivity (Wildman–Crippen MR) is 66.8 cm³/mol. The molecule has 0 heterocycles. The lowest BCUT2D eigenvalue weighted by Crippen LogP contribution is -2.19. The molecule has 2 nitrogen and oxygen atoms in total. The van der Waals surface area contributed by atoms with Crippen LogP contribution < -0.4 is 4.74 Å². The Bertz CT molecular complexity index is 433. The molecule has 3 heteroatoms. The number of aliphatic hydroxyl groups excluding tert-OH is 1. The van der Waals surface area contributed by atoms with Gasteiger partial charge in [0, 0.05) is 5.56 Å². The Morgan fingerprint density at radius 3 is 2.83 bits per heavy atom. The van der Waals surface area contributed by atoms with Gasteiger partial charge in [0.05, 0.1) is 13.2 Å². The van der Waals surface area contributed by atoms with Crippen LogP contribution in [0.1, 0.15) is 31.2 Å². The molecule has 1 aromatic carbocycles. The molecule has 0 radical (unpaired) electrons. The van der Waals surface area contributed by atoms with Crippen molar-refractivity contribution in [3.8, 4) is 5.75 Å². The molecule has 98 valence electrons. The Kier molecular flexibility index (Phi) is 3.25. The highest BCUT2D eigenvalue weighted by molar-refractivity contribution is 5.34. The second-order valence-corrected chi connectivity index (χ2v) is 5.63. The van der Waals surface area contributed by atoms with Crippen molar-refractivity contribution in [1.82, 2.24) is 0 Å². The molecule has 0 amide bonds. The zero-order valence-corrected chi connectivity index (χ0v) is 10.4. The highest BCUT2D eigenvalue weighted by atomic mass is 19.1. The van der Waals surface area contributed by atoms with Crippen LogP contribution >= 0.6 is 0 Å². The lowest BCUT2D eigenvalue weighted by atomic mass is 9.89. The van der Waals surface area contributed by atoms with E-state index in [0.717, 1.165) is 11.8 Å². The zero-order valence-electron chi connectivity index (χ0n) is 10.4. The summed E-state index contributed by atoms with van der Waals surface area (Å²) >= 11 is 0. The fourth-order valence-electron chi connectivity index (χ4n) is 3.61. The van der Waals surface area contributed by atoms with E-state index in [0.29, 0.717) is 18.1 Å². The van der Waals surface area contributed by atoms with Crippen LogP contribution in [0, 0.1) is 23.6 Å². The maximum atomic E-state index is 13.7. The third-order valence-electron chi connectivity index (χ3n) is 4.55. The van der Waals surface area contributed by atoms with Crippen molar-refractivity contribution in [3.05, 3.63) is 29.6 Å². The Morgan fingerprint density at radius 2 is 2.17 bits per heavy atom. The molecule has 0 spiro atoms. The number of benzene rings is 1. The van der Waals surface area contributed by atoms with Crippen molar-refractivity contribution in [2.75, 3.05) is 6.61 Å². The van der Waals surface area contributed by atoms with E-state index in [4.69, 9.17) is 4.74 Å². The van der Waals surface area contributed by atoms with Gasteiger partial charge in [-0.3, -0.25) is 0 Å². The van der Waals surface area contributed by atoms with E-state index in [2.05, 4.69) is 0 Å². The van der Waals surface area contributed by atoms with Crippen molar-refractivity contribution >= 4 is 0 Å². The molecule has 2 aliphatic rings. The second-order valence-electron chi connectivity index (χ2n) is 5.63. The molecule has 0 saturated heterocycles. The third-order valence-corrected chi connectivity index (χ3v) is 4.55. The van der Waals surface area contributed by atoms with Gasteiger partial charge >= 0.3 is 0 Å². The molecule has 0 aromatic heterocycles. The minimum absolute atomic E-state index is 0.177. The number of hydrogen-bond donors (Lipinski definition) is 1. The summed E-state index contributed by atoms with van der Waals surface area (Å²) in [5, 5.41) is 9.19. The van der Waals surface area contributed by atoms with Crippen molar-refractivity contribution in [2.24, 2.45) is 17.8 Å². The number of halogens is 1. The monoisotopic (exact) mass is 250 g/mol. The van der Waals surface area contributed by atoms with E-state index in [-0.39, 0.29) is 18.2 Å². The topological polar surface area (TPSA) is 29.5 Å². The minimum Gasteiger partial charge on any atom is -0.490 e. The average molecular weight is 250 g/mol. The largest absolute Gasteiger partial charge is 0.490 e. The summed E-state index contributed by atoms with van der Waals surface area (Å²) in [6.07, 6.45) is 5.23. The molecule has 2 fully saturated rings. The summed E-state index contributed by atoms with van der Waals surface area (Å²) in [4.78, 5) is 0. The first-order chi connectivity index (χ1) is 8.78. The first kappa shape index (κ1) is 12.0. The third kappa shape index (κ3) is 2.12. The highest BCUT2D eigenvalue weighted by Gasteiger charge is 2.39. The summed E-state index contributed by atoms with van der Waals surface area (Å²) in [6.45, 7) is 0.416. The number of fused-ring (bicyclic) bond motifs is 2. The number of rotatable bonds is 4. The molecule has 2 saturated carbocycles. The molecule has 2 aliphatic carbocycles. The van der Waals surface area contributed by atoms with E-state index >= 15 is 0 Å². The predicted octanol–water partition coefficient (Wildman–Crippen LogP) is 3.13. The van der Waals surface area contributed by atoms with Crippen molar-refractivity contribution in [2.45, 2.75) is 32.3 Å². The van der Waals surface area contributed by atoms with Crippen molar-refractivity contribution in [3.63, 3.8) is 0 Å². The van der Waals surface area contributed by atoms with Crippen LogP contribution in [0.5, 0.6) is 5.75 Å². The average Bonchev–Trinajstić information content (AvgIpc) is 2.99. The van der Waals surface area contributed by atoms with E-state index in [1.165, 1.54) is 31.7 Å². The van der Waals surface area contributed by atoms with E-state index in [1.807, 2.05) is 0 Å². The van der Waals surface area contributed by atoms with Crippen LogP contribution in [0.3, 0.4) is 0 Å². The molecule has 0 aliphatic heterocycles. The van der Waals surface area contributed by atoms with Crippen LogP contribution in [0.2, 0.25) is 0 Å². The van der Waals surface area contributed by atoms with Gasteiger partial charge in [-0.2, -0.15) is 0 Å². The van der Waals surface area contributed by atoms with Crippen LogP contribution in [0.15, 0.2) is 18.2 Å². The first-order valence-electron chi connectivity index (χ1n) is 6.79. The summed E-state index contributed by atoms with van der Waals surface area (Å²) in [5.74, 6) is 2.10. The molecule has 3 rings (SSSR count). The molecule has 3 atom stereocenters. The quantitative estimate of drug-likeness (QED) is 0.889. The fourth-order valence-corrected chi connectivity index (χ4v) is 3.61. The summed E-state index contributed by atoms with van der Waals surface area (Å²) in [6, 6.07) is 4.69. The van der Waals surface area contributed by atoms with Gasteiger partial charge in [0.1, 0.15) is 0 Å². The Morgan fingerprint density at radius 1 is 1.28 bits per heavy atom. The maximum absolute atomic E-state index is 13.7. The highest BCUT2D eigenvalue weighted by Crippen LogP contribution is 2.48. The minimum atomic E-state index is -0.371. The number of aliphatic hydroxyl groups is 1. The molecule has 3 unspecified atom stereocenters. The Labute approximate surface area is 107 Å². The molecule has 1 N–H and O–H groups in total. The smallest absolute Gasteiger partial charge is 0.165 e. The van der Waals surface area contributed by atoms with Gasteiger partial charge in [-0.1, -0.05) is 18.6 Å². The van der Waals surface area contributed by atoms with E-state index in [9.17, 15) is 9.50 Å². The van der Waals surface area contributed by atoms with Gasteiger partial charge < -0.3 is 9.84 Å². The van der Waals surface area contributed by atoms with Crippen molar-refractivity contribution < 1.29 is 14.2 Å². The fraction of sp³-hybridized carbons (Fsp3) is 0.600. The molecular weight excluding hydrogens is 231 g/mol. The number of para-hydroxylation sites is 1. The second kappa shape index (κ2) is 4.88. The Balaban J connectivity index is 1.66. The van der Waals surface area contributed by atoms with Gasteiger partial charge in [0.25, 0.3) is 0 Å². The number of hydrogen-bond acceptors (Lipinski definition) is 2. The van der Waals surface area contributed by atoms with Crippen LogP contribution in [-0.4, -0.2) is 11.7 Å². The molecule has 2 bridgehead atoms. The summed E-state index contributed by atoms with van der Waals surface area (Å²) in [7, 11) is 0. The van der Waals surface area contributed by atoms with Gasteiger partial charge in [0.15, 0.2) is 11.6 Å². The van der Waals surface area contributed by atoms with Gasteiger partial charge in [-0.15, -0.1) is 0 Å². The molecular formula is C15H19FO2. The lowest BCUT2D eigenvalue weighted by Gasteiger charge is -2.22. The normalized spacial score (nSPS) is 29.8.